The lowest BCUT2D eigenvalue weighted by Crippen LogP contribution is -2.51. The summed E-state index contributed by atoms with van der Waals surface area (Å²) in [6, 6.07) is 7.40. The second-order valence-electron chi connectivity index (χ2n) is 6.87. The van der Waals surface area contributed by atoms with Crippen LogP contribution >= 0.6 is 22.6 Å². The molecule has 1 aromatic carbocycles. The van der Waals surface area contributed by atoms with Crippen LogP contribution in [0.2, 0.25) is 0 Å². The van der Waals surface area contributed by atoms with E-state index in [1.165, 1.54) is 0 Å². The molecule has 1 aliphatic heterocycles. The lowest BCUT2D eigenvalue weighted by Gasteiger charge is -2.33. The number of benzene rings is 1. The molecule has 0 bridgehead atoms. The summed E-state index contributed by atoms with van der Waals surface area (Å²) in [6.45, 7) is 6.65. The minimum absolute atomic E-state index is 0.0870. The molecule has 24 heavy (non-hydrogen) atoms. The van der Waals surface area contributed by atoms with E-state index in [2.05, 4.69) is 33.2 Å². The molecule has 1 heterocycles. The summed E-state index contributed by atoms with van der Waals surface area (Å²) >= 11 is 2.22. The third-order valence-electron chi connectivity index (χ3n) is 3.52. The van der Waals surface area contributed by atoms with Crippen LogP contribution in [0, 0.1) is 3.57 Å². The molecule has 0 spiro atoms. The molecule has 1 saturated heterocycles. The van der Waals surface area contributed by atoms with Crippen molar-refractivity contribution in [3.05, 3.63) is 27.8 Å². The maximum absolute atomic E-state index is 12.4. The van der Waals surface area contributed by atoms with E-state index >= 15 is 0 Å². The lowest BCUT2D eigenvalue weighted by molar-refractivity contribution is 0.0480. The van der Waals surface area contributed by atoms with Crippen molar-refractivity contribution < 1.29 is 14.3 Å². The van der Waals surface area contributed by atoms with E-state index in [0.717, 1.165) is 22.1 Å². The van der Waals surface area contributed by atoms with Gasteiger partial charge in [-0.1, -0.05) is 0 Å². The van der Waals surface area contributed by atoms with Gasteiger partial charge < -0.3 is 20.3 Å². The first-order valence-electron chi connectivity index (χ1n) is 8.04. The monoisotopic (exact) mass is 445 g/mol. The van der Waals surface area contributed by atoms with E-state index in [0.29, 0.717) is 13.1 Å². The van der Waals surface area contributed by atoms with Crippen molar-refractivity contribution in [1.29, 1.82) is 0 Å². The number of nitrogens with one attached hydrogen (secondary N) is 2. The Balaban J connectivity index is 1.86. The fourth-order valence-corrected chi connectivity index (χ4v) is 2.85. The Morgan fingerprint density at radius 2 is 1.92 bits per heavy atom. The van der Waals surface area contributed by atoms with Crippen LogP contribution in [-0.2, 0) is 4.74 Å². The van der Waals surface area contributed by atoms with Crippen LogP contribution < -0.4 is 10.6 Å². The Bertz CT molecular complexity index is 584. The van der Waals surface area contributed by atoms with Crippen LogP contribution in [0.1, 0.15) is 33.6 Å². The van der Waals surface area contributed by atoms with Gasteiger partial charge in [-0.2, -0.15) is 0 Å². The minimum atomic E-state index is -0.527. The Morgan fingerprint density at radius 1 is 1.25 bits per heavy atom. The summed E-state index contributed by atoms with van der Waals surface area (Å²) in [4.78, 5) is 26.0. The number of anilines is 1. The first-order chi connectivity index (χ1) is 11.2. The van der Waals surface area contributed by atoms with Crippen LogP contribution in [0.15, 0.2) is 24.3 Å². The van der Waals surface area contributed by atoms with Crippen molar-refractivity contribution in [3.63, 3.8) is 0 Å². The number of likely N-dealkylation sites (tertiary alicyclic amines) is 1. The highest BCUT2D eigenvalue weighted by Crippen LogP contribution is 2.15. The first kappa shape index (κ1) is 18.8. The van der Waals surface area contributed by atoms with Gasteiger partial charge in [0.15, 0.2) is 0 Å². The van der Waals surface area contributed by atoms with Crippen molar-refractivity contribution in [2.75, 3.05) is 18.4 Å². The number of carbonyl (C=O) groups excluding carboxylic acids is 2. The second-order valence-corrected chi connectivity index (χ2v) is 8.11. The molecule has 0 aliphatic carbocycles. The predicted molar refractivity (Wildman–Crippen MR) is 102 cm³/mol. The Hall–Kier alpha value is -1.51. The van der Waals surface area contributed by atoms with Crippen LogP contribution in [0.5, 0.6) is 0 Å². The van der Waals surface area contributed by atoms with Gasteiger partial charge in [0.1, 0.15) is 5.60 Å². The summed E-state index contributed by atoms with van der Waals surface area (Å²) in [5.74, 6) is 0. The number of alkyl carbamates (subject to hydrolysis) is 1. The zero-order chi connectivity index (χ0) is 17.7. The van der Waals surface area contributed by atoms with Gasteiger partial charge in [0, 0.05) is 28.4 Å². The second kappa shape index (κ2) is 8.04. The van der Waals surface area contributed by atoms with Crippen LogP contribution in [-0.4, -0.2) is 41.8 Å². The largest absolute Gasteiger partial charge is 0.444 e. The van der Waals surface area contributed by atoms with Gasteiger partial charge in [0.05, 0.1) is 0 Å². The fraction of sp³-hybridized carbons (Fsp3) is 0.529. The van der Waals surface area contributed by atoms with Crippen LogP contribution in [0.4, 0.5) is 15.3 Å². The molecule has 2 rings (SSSR count). The van der Waals surface area contributed by atoms with Gasteiger partial charge in [-0.05, 0) is 80.5 Å². The van der Waals surface area contributed by atoms with Crippen molar-refractivity contribution in [1.82, 2.24) is 10.2 Å². The quantitative estimate of drug-likeness (QED) is 0.681. The third kappa shape index (κ3) is 6.18. The van der Waals surface area contributed by atoms with E-state index in [4.69, 9.17) is 4.74 Å². The molecule has 132 valence electrons. The SMILES string of the molecule is CC(C)(C)OC(=O)N[C@H]1CCCN(C(=O)Nc2ccc(I)cc2)C1. The van der Waals surface area contributed by atoms with Gasteiger partial charge >= 0.3 is 12.1 Å². The van der Waals surface area contributed by atoms with Gasteiger partial charge in [-0.25, -0.2) is 9.59 Å². The molecule has 0 saturated carbocycles. The molecule has 0 aromatic heterocycles. The molecule has 1 aromatic rings. The summed E-state index contributed by atoms with van der Waals surface area (Å²) in [5, 5.41) is 5.74. The molecule has 0 unspecified atom stereocenters. The third-order valence-corrected chi connectivity index (χ3v) is 4.24. The highest BCUT2D eigenvalue weighted by molar-refractivity contribution is 14.1. The fourth-order valence-electron chi connectivity index (χ4n) is 2.49. The number of amides is 3. The molecular formula is C17H24IN3O3. The number of halogens is 1. The van der Waals surface area contributed by atoms with E-state index < -0.39 is 11.7 Å². The number of hydrogen-bond donors (Lipinski definition) is 2. The van der Waals surface area contributed by atoms with Crippen molar-refractivity contribution >= 4 is 40.4 Å². The normalized spacial score (nSPS) is 18.0. The van der Waals surface area contributed by atoms with Crippen molar-refractivity contribution in [2.45, 2.75) is 45.3 Å². The van der Waals surface area contributed by atoms with Crippen LogP contribution in [0.25, 0.3) is 0 Å². The van der Waals surface area contributed by atoms with Gasteiger partial charge in [-0.15, -0.1) is 0 Å². The molecule has 1 atom stereocenters. The van der Waals surface area contributed by atoms with Gasteiger partial charge in [0.2, 0.25) is 0 Å². The number of carbonyl (C=O) groups is 2. The molecule has 1 aliphatic rings. The van der Waals surface area contributed by atoms with E-state index in [1.54, 1.807) is 4.90 Å². The van der Waals surface area contributed by atoms with Gasteiger partial charge in [0.25, 0.3) is 0 Å². The summed E-state index contributed by atoms with van der Waals surface area (Å²) in [5.41, 5.74) is 0.239. The van der Waals surface area contributed by atoms with E-state index in [1.807, 2.05) is 45.0 Å². The molecule has 3 amide bonds. The zero-order valence-corrected chi connectivity index (χ0v) is 16.4. The highest BCUT2D eigenvalue weighted by Gasteiger charge is 2.26. The van der Waals surface area contributed by atoms with Crippen LogP contribution in [0.3, 0.4) is 0 Å². The number of rotatable bonds is 2. The average molecular weight is 445 g/mol. The van der Waals surface area contributed by atoms with Gasteiger partial charge in [-0.3, -0.25) is 0 Å². The smallest absolute Gasteiger partial charge is 0.407 e. The molecule has 0 radical (unpaired) electrons. The topological polar surface area (TPSA) is 70.7 Å². The van der Waals surface area contributed by atoms with E-state index in [9.17, 15) is 9.59 Å². The van der Waals surface area contributed by atoms with Crippen molar-refractivity contribution in [3.8, 4) is 0 Å². The highest BCUT2D eigenvalue weighted by atomic mass is 127. The summed E-state index contributed by atoms with van der Waals surface area (Å²) in [7, 11) is 0. The predicted octanol–water partition coefficient (Wildman–Crippen LogP) is 3.81. The summed E-state index contributed by atoms with van der Waals surface area (Å²) in [6.07, 6.45) is 1.25. The molecule has 7 heteroatoms. The van der Waals surface area contributed by atoms with Crippen molar-refractivity contribution in [2.24, 2.45) is 0 Å². The number of piperidine rings is 1. The summed E-state index contributed by atoms with van der Waals surface area (Å²) < 4.78 is 6.39. The Kier molecular flexibility index (Phi) is 6.31. The molecular weight excluding hydrogens is 421 g/mol. The minimum Gasteiger partial charge on any atom is -0.444 e. The molecule has 1 fully saturated rings. The Morgan fingerprint density at radius 3 is 2.54 bits per heavy atom. The Labute approximate surface area is 156 Å². The number of ether oxygens (including phenoxy) is 1. The molecule has 6 nitrogen and oxygen atoms in total. The standard InChI is InChI=1S/C17H24IN3O3/c1-17(2,3)24-16(23)20-14-5-4-10-21(11-14)15(22)19-13-8-6-12(18)7-9-13/h6-9,14H,4-5,10-11H2,1-3H3,(H,19,22)(H,20,23)/t14-/m0/s1. The lowest BCUT2D eigenvalue weighted by atomic mass is 10.1. The average Bonchev–Trinajstić information content (AvgIpc) is 2.48. The maximum atomic E-state index is 12.4. The molecule has 2 N–H and O–H groups in total. The zero-order valence-electron chi connectivity index (χ0n) is 14.3. The number of hydrogen-bond acceptors (Lipinski definition) is 3. The maximum Gasteiger partial charge on any atom is 0.407 e. The van der Waals surface area contributed by atoms with E-state index in [-0.39, 0.29) is 12.1 Å². The number of nitrogens with zero attached hydrogens (tertiary/aromatic N) is 1. The first-order valence-corrected chi connectivity index (χ1v) is 9.12. The number of urea groups is 1.